The van der Waals surface area contributed by atoms with Gasteiger partial charge in [0.25, 0.3) is 0 Å². The highest BCUT2D eigenvalue weighted by molar-refractivity contribution is 6.04. The summed E-state index contributed by atoms with van der Waals surface area (Å²) in [6, 6.07) is 0. The number of ketones is 1. The van der Waals surface area contributed by atoms with Crippen LogP contribution in [0.3, 0.4) is 0 Å². The van der Waals surface area contributed by atoms with Gasteiger partial charge in [0.05, 0.1) is 13.0 Å². The van der Waals surface area contributed by atoms with E-state index in [1.165, 1.54) is 7.11 Å². The summed E-state index contributed by atoms with van der Waals surface area (Å²) in [4.78, 5) is 35.8. The minimum Gasteiger partial charge on any atom is -0.468 e. The van der Waals surface area contributed by atoms with Gasteiger partial charge in [0.1, 0.15) is 11.5 Å². The topological polar surface area (TPSA) is 69.7 Å². The van der Waals surface area contributed by atoms with Gasteiger partial charge in [0.15, 0.2) is 5.78 Å². The van der Waals surface area contributed by atoms with Gasteiger partial charge in [-0.3, -0.25) is 14.4 Å². The minimum absolute atomic E-state index is 0.0183. The predicted octanol–water partition coefficient (Wildman–Crippen LogP) is 1.73. The molecular weight excluding hydrogens is 248 g/mol. The van der Waals surface area contributed by atoms with Crippen LogP contribution >= 0.6 is 0 Å². The molecule has 5 nitrogen and oxygen atoms in total. The molecule has 1 heterocycles. The Morgan fingerprint density at radius 2 is 1.95 bits per heavy atom. The molecule has 0 aliphatic carbocycles. The molecule has 0 saturated carbocycles. The van der Waals surface area contributed by atoms with Crippen LogP contribution in [-0.2, 0) is 23.9 Å². The van der Waals surface area contributed by atoms with Crippen molar-refractivity contribution in [3.63, 3.8) is 0 Å². The number of hydrogen-bond donors (Lipinski definition) is 0. The SMILES string of the molecule is CC[C@](C)(C(=O)C[C@@H]1C(=O)O[C@@H](C)[C@H]1C)C(=O)OC. The predicted molar refractivity (Wildman–Crippen MR) is 68.2 cm³/mol. The first-order valence-corrected chi connectivity index (χ1v) is 6.60. The van der Waals surface area contributed by atoms with E-state index in [1.54, 1.807) is 13.8 Å². The molecule has 0 unspecified atom stereocenters. The highest BCUT2D eigenvalue weighted by Gasteiger charge is 2.46. The third-order valence-electron chi connectivity index (χ3n) is 4.34. The van der Waals surface area contributed by atoms with Gasteiger partial charge in [-0.15, -0.1) is 0 Å². The first-order chi connectivity index (χ1) is 8.77. The maximum atomic E-state index is 12.3. The summed E-state index contributed by atoms with van der Waals surface area (Å²) < 4.78 is 9.80. The second-order valence-electron chi connectivity index (χ2n) is 5.41. The number of carbonyl (C=O) groups is 3. The molecular formula is C14H22O5. The molecule has 0 aromatic heterocycles. The number of hydrogen-bond acceptors (Lipinski definition) is 5. The van der Waals surface area contributed by atoms with Gasteiger partial charge in [-0.2, -0.15) is 0 Å². The van der Waals surface area contributed by atoms with Crippen LogP contribution < -0.4 is 0 Å². The van der Waals surface area contributed by atoms with E-state index in [1.807, 2.05) is 13.8 Å². The number of rotatable bonds is 5. The second kappa shape index (κ2) is 5.72. The molecule has 0 radical (unpaired) electrons. The molecule has 1 fully saturated rings. The lowest BCUT2D eigenvalue weighted by Crippen LogP contribution is -2.39. The summed E-state index contributed by atoms with van der Waals surface area (Å²) >= 11 is 0. The van der Waals surface area contributed by atoms with Gasteiger partial charge in [0.2, 0.25) is 0 Å². The van der Waals surface area contributed by atoms with Gasteiger partial charge in [-0.05, 0) is 20.3 Å². The van der Waals surface area contributed by atoms with Crippen molar-refractivity contribution in [2.45, 2.75) is 46.6 Å². The molecule has 108 valence electrons. The molecule has 5 heteroatoms. The summed E-state index contributed by atoms with van der Waals surface area (Å²) in [5, 5.41) is 0. The van der Waals surface area contributed by atoms with Crippen molar-refractivity contribution < 1.29 is 23.9 Å². The summed E-state index contributed by atoms with van der Waals surface area (Å²) in [6.45, 7) is 7.02. The zero-order valence-electron chi connectivity index (χ0n) is 12.2. The summed E-state index contributed by atoms with van der Waals surface area (Å²) in [5.74, 6) is -1.64. The van der Waals surface area contributed by atoms with Gasteiger partial charge in [0, 0.05) is 12.3 Å². The molecule has 0 aromatic carbocycles. The van der Waals surface area contributed by atoms with E-state index in [9.17, 15) is 14.4 Å². The molecule has 0 N–H and O–H groups in total. The fourth-order valence-corrected chi connectivity index (χ4v) is 2.29. The van der Waals surface area contributed by atoms with Crippen LogP contribution in [-0.4, -0.2) is 30.9 Å². The van der Waals surface area contributed by atoms with Crippen molar-refractivity contribution in [2.75, 3.05) is 7.11 Å². The highest BCUT2D eigenvalue weighted by atomic mass is 16.6. The number of Topliss-reactive ketones (excluding diaryl/α,β-unsaturated/α-hetero) is 1. The molecule has 1 aliphatic rings. The van der Waals surface area contributed by atoms with Crippen molar-refractivity contribution in [3.05, 3.63) is 0 Å². The standard InChI is InChI=1S/C14H22O5/c1-6-14(4,13(17)18-5)11(15)7-10-8(2)9(3)19-12(10)16/h8-10H,6-7H2,1-5H3/t8-,9+,10+,14-/m1/s1. The Morgan fingerprint density at radius 1 is 1.37 bits per heavy atom. The van der Waals surface area contributed by atoms with Crippen LogP contribution in [0, 0.1) is 17.3 Å². The van der Waals surface area contributed by atoms with Crippen molar-refractivity contribution in [1.29, 1.82) is 0 Å². The summed E-state index contributed by atoms with van der Waals surface area (Å²) in [6.07, 6.45) is 0.199. The Balaban J connectivity index is 2.84. The maximum absolute atomic E-state index is 12.3. The molecule has 0 bridgehead atoms. The van der Waals surface area contributed by atoms with E-state index in [4.69, 9.17) is 9.47 Å². The number of methoxy groups -OCH3 is 1. The van der Waals surface area contributed by atoms with E-state index in [-0.39, 0.29) is 30.2 Å². The van der Waals surface area contributed by atoms with Crippen molar-refractivity contribution in [2.24, 2.45) is 17.3 Å². The molecule has 19 heavy (non-hydrogen) atoms. The monoisotopic (exact) mass is 270 g/mol. The van der Waals surface area contributed by atoms with Crippen molar-refractivity contribution in [1.82, 2.24) is 0 Å². The van der Waals surface area contributed by atoms with Gasteiger partial charge in [-0.1, -0.05) is 13.8 Å². The Hall–Kier alpha value is -1.39. The third kappa shape index (κ3) is 2.80. The molecule has 1 rings (SSSR count). The number of esters is 2. The number of carbonyl (C=O) groups excluding carboxylic acids is 3. The molecule has 1 aliphatic heterocycles. The molecule has 0 amide bonds. The van der Waals surface area contributed by atoms with E-state index in [0.717, 1.165) is 0 Å². The fraction of sp³-hybridized carbons (Fsp3) is 0.786. The first-order valence-electron chi connectivity index (χ1n) is 6.60. The van der Waals surface area contributed by atoms with Crippen LogP contribution in [0.4, 0.5) is 0 Å². The van der Waals surface area contributed by atoms with Crippen LogP contribution in [0.15, 0.2) is 0 Å². The number of ether oxygens (including phenoxy) is 2. The quantitative estimate of drug-likeness (QED) is 0.562. The fourth-order valence-electron chi connectivity index (χ4n) is 2.29. The van der Waals surface area contributed by atoms with Crippen LogP contribution in [0.1, 0.15) is 40.5 Å². The van der Waals surface area contributed by atoms with Gasteiger partial charge < -0.3 is 9.47 Å². The average Bonchev–Trinajstić information content (AvgIpc) is 2.63. The average molecular weight is 270 g/mol. The Kier molecular flexibility index (Phi) is 4.71. The Morgan fingerprint density at radius 3 is 2.32 bits per heavy atom. The first kappa shape index (κ1) is 15.7. The van der Waals surface area contributed by atoms with Crippen LogP contribution in [0.5, 0.6) is 0 Å². The molecule has 0 spiro atoms. The Bertz CT molecular complexity index is 389. The highest BCUT2D eigenvalue weighted by Crippen LogP contribution is 2.34. The van der Waals surface area contributed by atoms with Gasteiger partial charge in [-0.25, -0.2) is 0 Å². The molecule has 4 atom stereocenters. The molecule has 0 aromatic rings. The van der Waals surface area contributed by atoms with E-state index >= 15 is 0 Å². The largest absolute Gasteiger partial charge is 0.468 e. The molecule has 1 saturated heterocycles. The third-order valence-corrected chi connectivity index (χ3v) is 4.34. The lowest BCUT2D eigenvalue weighted by molar-refractivity contribution is -0.158. The zero-order valence-corrected chi connectivity index (χ0v) is 12.2. The van der Waals surface area contributed by atoms with E-state index < -0.39 is 17.3 Å². The van der Waals surface area contributed by atoms with Crippen LogP contribution in [0.2, 0.25) is 0 Å². The van der Waals surface area contributed by atoms with Crippen molar-refractivity contribution >= 4 is 17.7 Å². The second-order valence-corrected chi connectivity index (χ2v) is 5.41. The van der Waals surface area contributed by atoms with Crippen LogP contribution in [0.25, 0.3) is 0 Å². The Labute approximate surface area is 113 Å². The van der Waals surface area contributed by atoms with E-state index in [2.05, 4.69) is 0 Å². The zero-order chi connectivity index (χ0) is 14.8. The van der Waals surface area contributed by atoms with E-state index in [0.29, 0.717) is 6.42 Å². The normalized spacial score (nSPS) is 29.5. The van der Waals surface area contributed by atoms with Gasteiger partial charge >= 0.3 is 11.9 Å². The summed E-state index contributed by atoms with van der Waals surface area (Å²) in [5.41, 5.74) is -1.18. The lowest BCUT2D eigenvalue weighted by atomic mass is 9.77. The minimum atomic E-state index is -1.18. The summed E-state index contributed by atoms with van der Waals surface area (Å²) in [7, 11) is 1.26. The lowest BCUT2D eigenvalue weighted by Gasteiger charge is -2.25. The smallest absolute Gasteiger partial charge is 0.319 e. The maximum Gasteiger partial charge on any atom is 0.319 e. The van der Waals surface area contributed by atoms with Crippen molar-refractivity contribution in [3.8, 4) is 0 Å². The number of cyclic esters (lactones) is 1.